The van der Waals surface area contributed by atoms with E-state index >= 15 is 0 Å². The third-order valence-electron chi connectivity index (χ3n) is 3.34. The van der Waals surface area contributed by atoms with Crippen molar-refractivity contribution in [1.82, 2.24) is 4.98 Å². The van der Waals surface area contributed by atoms with Crippen LogP contribution in [0.3, 0.4) is 0 Å². The summed E-state index contributed by atoms with van der Waals surface area (Å²) in [6.45, 7) is 1.86. The molecule has 0 bridgehead atoms. The highest BCUT2D eigenvalue weighted by atomic mass is 35.5. The average Bonchev–Trinajstić information content (AvgIpc) is 2.53. The number of rotatable bonds is 5. The molecule has 0 radical (unpaired) electrons. The molecular weight excluding hydrogens is 332 g/mol. The molecule has 2 N–H and O–H groups in total. The fourth-order valence-corrected chi connectivity index (χ4v) is 2.45. The summed E-state index contributed by atoms with van der Waals surface area (Å²) >= 11 is 6.19. The van der Waals surface area contributed by atoms with Crippen molar-refractivity contribution >= 4 is 23.4 Å². The molecule has 0 spiro atoms. The lowest BCUT2D eigenvalue weighted by Crippen LogP contribution is -2.08. The predicted molar refractivity (Wildman–Crippen MR) is 87.0 cm³/mol. The maximum atomic E-state index is 12.1. The van der Waals surface area contributed by atoms with Gasteiger partial charge in [-0.05, 0) is 24.6 Å². The third kappa shape index (κ3) is 3.70. The topological polar surface area (TPSA) is 111 Å². The van der Waals surface area contributed by atoms with Crippen molar-refractivity contribution in [2.24, 2.45) is 0 Å². The molecule has 7 heteroatoms. The van der Waals surface area contributed by atoms with Gasteiger partial charge < -0.3 is 10.2 Å². The quantitative estimate of drug-likeness (QED) is 0.804. The SMILES string of the molecule is Cc1ccc(-c2cc(C#N)c(O)c(C(=O)CCC(=O)O)n2)c(Cl)c1. The van der Waals surface area contributed by atoms with E-state index in [1.165, 1.54) is 6.07 Å². The van der Waals surface area contributed by atoms with E-state index in [0.29, 0.717) is 10.6 Å². The summed E-state index contributed by atoms with van der Waals surface area (Å²) in [5.74, 6) is -2.35. The van der Waals surface area contributed by atoms with Crippen LogP contribution < -0.4 is 0 Å². The van der Waals surface area contributed by atoms with Crippen LogP contribution in [0.4, 0.5) is 0 Å². The summed E-state index contributed by atoms with van der Waals surface area (Å²) in [4.78, 5) is 26.8. The smallest absolute Gasteiger partial charge is 0.303 e. The van der Waals surface area contributed by atoms with Crippen molar-refractivity contribution in [3.8, 4) is 23.1 Å². The number of carbonyl (C=O) groups is 2. The number of carbonyl (C=O) groups excluding carboxylic acids is 1. The van der Waals surface area contributed by atoms with E-state index in [1.807, 2.05) is 6.92 Å². The second-order valence-corrected chi connectivity index (χ2v) is 5.57. The fraction of sp³-hybridized carbons (Fsp3) is 0.176. The molecule has 24 heavy (non-hydrogen) atoms. The van der Waals surface area contributed by atoms with E-state index in [1.54, 1.807) is 24.3 Å². The Balaban J connectivity index is 2.55. The number of carboxylic acids is 1. The van der Waals surface area contributed by atoms with Gasteiger partial charge in [-0.25, -0.2) is 4.98 Å². The molecule has 122 valence electrons. The first-order valence-electron chi connectivity index (χ1n) is 6.99. The van der Waals surface area contributed by atoms with Gasteiger partial charge in [0.25, 0.3) is 0 Å². The molecule has 0 atom stereocenters. The molecule has 0 saturated carbocycles. The zero-order valence-corrected chi connectivity index (χ0v) is 13.5. The van der Waals surface area contributed by atoms with Crippen LogP contribution in [0.25, 0.3) is 11.3 Å². The Kier molecular flexibility index (Phi) is 5.17. The van der Waals surface area contributed by atoms with E-state index in [0.717, 1.165) is 5.56 Å². The molecule has 1 aromatic heterocycles. The minimum absolute atomic E-state index is 0.129. The van der Waals surface area contributed by atoms with Gasteiger partial charge >= 0.3 is 5.97 Å². The molecule has 1 heterocycles. The molecule has 0 aliphatic carbocycles. The Morgan fingerprint density at radius 1 is 1.29 bits per heavy atom. The molecule has 0 unspecified atom stereocenters. The normalized spacial score (nSPS) is 10.2. The van der Waals surface area contributed by atoms with Gasteiger partial charge in [0.05, 0.1) is 22.7 Å². The Bertz CT molecular complexity index is 872. The lowest BCUT2D eigenvalue weighted by Gasteiger charge is -2.10. The fourth-order valence-electron chi connectivity index (χ4n) is 2.12. The number of benzene rings is 1. The molecule has 0 saturated heterocycles. The highest BCUT2D eigenvalue weighted by molar-refractivity contribution is 6.33. The number of nitriles is 1. The second-order valence-electron chi connectivity index (χ2n) is 5.16. The van der Waals surface area contributed by atoms with Crippen LogP contribution in [0.1, 0.15) is 34.5 Å². The zero-order valence-electron chi connectivity index (χ0n) is 12.7. The first-order chi connectivity index (χ1) is 11.3. The summed E-state index contributed by atoms with van der Waals surface area (Å²) in [5, 5.41) is 28.2. The van der Waals surface area contributed by atoms with Crippen LogP contribution in [0.5, 0.6) is 5.75 Å². The lowest BCUT2D eigenvalue weighted by molar-refractivity contribution is -0.136. The van der Waals surface area contributed by atoms with Crippen LogP contribution in [-0.4, -0.2) is 26.9 Å². The van der Waals surface area contributed by atoms with E-state index in [-0.39, 0.29) is 23.4 Å². The number of aryl methyl sites for hydroxylation is 1. The Morgan fingerprint density at radius 3 is 2.58 bits per heavy atom. The summed E-state index contributed by atoms with van der Waals surface area (Å²) in [5.41, 5.74) is 1.23. The number of Topliss-reactive ketones (excluding diaryl/α,β-unsaturated/α-hetero) is 1. The summed E-state index contributed by atoms with van der Waals surface area (Å²) < 4.78 is 0. The zero-order chi connectivity index (χ0) is 17.9. The van der Waals surface area contributed by atoms with Gasteiger partial charge in [0.2, 0.25) is 0 Å². The predicted octanol–water partition coefficient (Wildman–Crippen LogP) is 3.34. The van der Waals surface area contributed by atoms with Gasteiger partial charge in [0, 0.05) is 12.0 Å². The van der Waals surface area contributed by atoms with Crippen molar-refractivity contribution in [3.63, 3.8) is 0 Å². The van der Waals surface area contributed by atoms with Gasteiger partial charge in [0.1, 0.15) is 11.8 Å². The van der Waals surface area contributed by atoms with E-state index in [2.05, 4.69) is 4.98 Å². The molecule has 2 aromatic rings. The maximum Gasteiger partial charge on any atom is 0.303 e. The highest BCUT2D eigenvalue weighted by Gasteiger charge is 2.20. The maximum absolute atomic E-state index is 12.1. The first kappa shape index (κ1) is 17.4. The molecular formula is C17H13ClN2O4. The summed E-state index contributed by atoms with van der Waals surface area (Å²) in [7, 11) is 0. The van der Waals surface area contributed by atoms with Crippen molar-refractivity contribution in [2.45, 2.75) is 19.8 Å². The van der Waals surface area contributed by atoms with Crippen LogP contribution in [0.2, 0.25) is 5.02 Å². The van der Waals surface area contributed by atoms with Crippen LogP contribution >= 0.6 is 11.6 Å². The second kappa shape index (κ2) is 7.11. The number of aliphatic carboxylic acids is 1. The monoisotopic (exact) mass is 344 g/mol. The van der Waals surface area contributed by atoms with Crippen molar-refractivity contribution in [1.29, 1.82) is 5.26 Å². The van der Waals surface area contributed by atoms with Crippen LogP contribution in [-0.2, 0) is 4.79 Å². The van der Waals surface area contributed by atoms with Crippen LogP contribution in [0.15, 0.2) is 24.3 Å². The Morgan fingerprint density at radius 2 is 2.00 bits per heavy atom. The molecule has 1 aromatic carbocycles. The number of aromatic hydroxyl groups is 1. The number of hydrogen-bond acceptors (Lipinski definition) is 5. The molecule has 0 amide bonds. The average molecular weight is 345 g/mol. The van der Waals surface area contributed by atoms with Crippen LogP contribution in [0, 0.1) is 18.3 Å². The number of carboxylic acid groups (broad SMARTS) is 1. The lowest BCUT2D eigenvalue weighted by atomic mass is 10.0. The molecule has 6 nitrogen and oxygen atoms in total. The van der Waals surface area contributed by atoms with E-state index in [9.17, 15) is 14.7 Å². The number of aromatic nitrogens is 1. The number of nitrogens with zero attached hydrogens (tertiary/aromatic N) is 2. The number of ketones is 1. The van der Waals surface area contributed by atoms with Gasteiger partial charge in [-0.15, -0.1) is 0 Å². The summed E-state index contributed by atoms with van der Waals surface area (Å²) in [6, 6.07) is 8.34. The number of hydrogen-bond donors (Lipinski definition) is 2. The molecule has 2 rings (SSSR count). The van der Waals surface area contributed by atoms with Crippen molar-refractivity contribution in [3.05, 3.63) is 46.1 Å². The van der Waals surface area contributed by atoms with Gasteiger partial charge in [0.15, 0.2) is 11.5 Å². The Hall–Kier alpha value is -2.91. The van der Waals surface area contributed by atoms with Crippen molar-refractivity contribution in [2.75, 3.05) is 0 Å². The largest absolute Gasteiger partial charge is 0.504 e. The first-order valence-corrected chi connectivity index (χ1v) is 7.37. The Labute approximate surface area is 143 Å². The van der Waals surface area contributed by atoms with Gasteiger partial charge in [-0.3, -0.25) is 9.59 Å². The molecule has 0 aliphatic heterocycles. The number of pyridine rings is 1. The van der Waals surface area contributed by atoms with Crippen molar-refractivity contribution < 1.29 is 19.8 Å². The number of halogens is 1. The minimum Gasteiger partial charge on any atom is -0.504 e. The molecule has 0 fully saturated rings. The van der Waals surface area contributed by atoms with Gasteiger partial charge in [-0.1, -0.05) is 23.7 Å². The third-order valence-corrected chi connectivity index (χ3v) is 3.66. The highest BCUT2D eigenvalue weighted by Crippen LogP contribution is 2.32. The summed E-state index contributed by atoms with van der Waals surface area (Å²) in [6.07, 6.45) is -0.719. The van der Waals surface area contributed by atoms with E-state index < -0.39 is 23.9 Å². The standard InChI is InChI=1S/C17H13ClN2O4/c1-9-2-3-11(12(18)6-9)13-7-10(8-19)17(24)16(20-13)14(21)4-5-15(22)23/h2-3,6-7,24H,4-5H2,1H3,(H,22,23). The molecule has 0 aliphatic rings. The van der Waals surface area contributed by atoms with Gasteiger partial charge in [-0.2, -0.15) is 5.26 Å². The minimum atomic E-state index is -1.14. The van der Waals surface area contributed by atoms with E-state index in [4.69, 9.17) is 22.0 Å².